The van der Waals surface area contributed by atoms with Gasteiger partial charge < -0.3 is 31.9 Å². The molecule has 9 nitrogen and oxygen atoms in total. The molecule has 1 saturated carbocycles. The predicted molar refractivity (Wildman–Crippen MR) is 93.8 cm³/mol. The number of rotatable bonds is 5. The monoisotopic (exact) mass is 368 g/mol. The van der Waals surface area contributed by atoms with Gasteiger partial charge >= 0.3 is 6.03 Å². The molecule has 9 heteroatoms. The number of urea groups is 1. The van der Waals surface area contributed by atoms with Gasteiger partial charge in [-0.25, -0.2) is 4.79 Å². The molecule has 2 aliphatic carbocycles. The molecule has 4 atom stereocenters. The molecule has 0 saturated heterocycles. The van der Waals surface area contributed by atoms with Crippen LogP contribution in [-0.4, -0.2) is 58.4 Å². The van der Waals surface area contributed by atoms with Gasteiger partial charge in [-0.15, -0.1) is 0 Å². The molecule has 0 radical (unpaired) electrons. The maximum atomic E-state index is 12.2. The number of hydrogen-bond acceptors (Lipinski definition) is 5. The fourth-order valence-corrected chi connectivity index (χ4v) is 3.25. The molecule has 0 aromatic carbocycles. The first-order chi connectivity index (χ1) is 12.3. The Balaban J connectivity index is 1.99. The lowest BCUT2D eigenvalue weighted by molar-refractivity contribution is -0.125. The summed E-state index contributed by atoms with van der Waals surface area (Å²) in [6, 6.07) is -2.13. The molecular formula is C17H28N4O5. The maximum Gasteiger partial charge on any atom is 0.315 e. The first kappa shape index (κ1) is 20.2. The van der Waals surface area contributed by atoms with Crippen LogP contribution >= 0.6 is 0 Å². The first-order valence-electron chi connectivity index (χ1n) is 9.02. The molecule has 0 aliphatic heterocycles. The summed E-state index contributed by atoms with van der Waals surface area (Å²) in [5.41, 5.74) is 5.30. The Morgan fingerprint density at radius 2 is 1.81 bits per heavy atom. The third kappa shape index (κ3) is 5.43. The Morgan fingerprint density at radius 3 is 2.42 bits per heavy atom. The molecule has 7 N–H and O–H groups in total. The molecule has 2 aliphatic rings. The van der Waals surface area contributed by atoms with E-state index < -0.39 is 42.1 Å². The van der Waals surface area contributed by atoms with Crippen molar-refractivity contribution in [2.24, 2.45) is 5.73 Å². The largest absolute Gasteiger partial charge is 0.390 e. The van der Waals surface area contributed by atoms with Crippen molar-refractivity contribution in [3.8, 4) is 0 Å². The summed E-state index contributed by atoms with van der Waals surface area (Å²) < 4.78 is 0. The first-order valence-corrected chi connectivity index (χ1v) is 9.02. The molecule has 146 valence electrons. The number of amides is 4. The summed E-state index contributed by atoms with van der Waals surface area (Å²) in [5, 5.41) is 28.0. The van der Waals surface area contributed by atoms with E-state index in [9.17, 15) is 24.6 Å². The van der Waals surface area contributed by atoms with Gasteiger partial charge in [0.25, 0.3) is 0 Å². The van der Waals surface area contributed by atoms with Crippen LogP contribution in [0.5, 0.6) is 0 Å². The van der Waals surface area contributed by atoms with Crippen LogP contribution < -0.4 is 21.7 Å². The second kappa shape index (κ2) is 9.00. The van der Waals surface area contributed by atoms with E-state index in [0.717, 1.165) is 32.1 Å². The minimum atomic E-state index is -1.22. The summed E-state index contributed by atoms with van der Waals surface area (Å²) in [6.45, 7) is 1.45. The Bertz CT molecular complexity index is 574. The summed E-state index contributed by atoms with van der Waals surface area (Å²) >= 11 is 0. The van der Waals surface area contributed by atoms with E-state index in [4.69, 9.17) is 5.73 Å². The zero-order valence-electron chi connectivity index (χ0n) is 14.9. The van der Waals surface area contributed by atoms with Crippen LogP contribution in [0.15, 0.2) is 11.6 Å². The lowest BCUT2D eigenvalue weighted by atomic mass is 9.90. The third-order valence-electron chi connectivity index (χ3n) is 4.88. The molecule has 0 heterocycles. The number of hydrogen-bond donors (Lipinski definition) is 6. The van der Waals surface area contributed by atoms with Crippen molar-refractivity contribution in [2.45, 2.75) is 75.8 Å². The van der Waals surface area contributed by atoms with Crippen molar-refractivity contribution < 1.29 is 24.6 Å². The molecule has 2 rings (SSSR count). The average molecular weight is 368 g/mol. The highest BCUT2D eigenvalue weighted by atomic mass is 16.3. The minimum absolute atomic E-state index is 0.0824. The highest BCUT2D eigenvalue weighted by Crippen LogP contribution is 2.21. The van der Waals surface area contributed by atoms with Crippen LogP contribution in [0, 0.1) is 0 Å². The van der Waals surface area contributed by atoms with Crippen molar-refractivity contribution in [3.05, 3.63) is 11.6 Å². The smallest absolute Gasteiger partial charge is 0.315 e. The third-order valence-corrected chi connectivity index (χ3v) is 4.88. The van der Waals surface area contributed by atoms with E-state index >= 15 is 0 Å². The van der Waals surface area contributed by atoms with Crippen molar-refractivity contribution in [3.63, 3.8) is 0 Å². The van der Waals surface area contributed by atoms with Crippen molar-refractivity contribution in [1.82, 2.24) is 16.0 Å². The van der Waals surface area contributed by atoms with E-state index in [0.29, 0.717) is 0 Å². The molecule has 0 bridgehead atoms. The average Bonchev–Trinajstić information content (AvgIpc) is 2.59. The lowest BCUT2D eigenvalue weighted by Gasteiger charge is -2.32. The molecule has 0 aromatic heterocycles. The van der Waals surface area contributed by atoms with Crippen molar-refractivity contribution in [2.75, 3.05) is 0 Å². The van der Waals surface area contributed by atoms with Gasteiger partial charge in [-0.05, 0) is 19.8 Å². The van der Waals surface area contributed by atoms with Crippen LogP contribution in [-0.2, 0) is 9.59 Å². The number of aliphatic hydroxyl groups is 2. The number of primary amides is 1. The van der Waals surface area contributed by atoms with E-state index in [1.54, 1.807) is 0 Å². The van der Waals surface area contributed by atoms with Crippen molar-refractivity contribution in [1.29, 1.82) is 0 Å². The number of nitrogens with one attached hydrogen (secondary N) is 3. The van der Waals surface area contributed by atoms with Gasteiger partial charge in [-0.1, -0.05) is 25.3 Å². The Kier molecular flexibility index (Phi) is 6.98. The molecular weight excluding hydrogens is 340 g/mol. The van der Waals surface area contributed by atoms with Gasteiger partial charge in [-0.3, -0.25) is 9.59 Å². The van der Waals surface area contributed by atoms with Crippen LogP contribution in [0.1, 0.15) is 45.4 Å². The highest BCUT2D eigenvalue weighted by molar-refractivity contribution is 5.97. The zero-order valence-corrected chi connectivity index (χ0v) is 14.9. The summed E-state index contributed by atoms with van der Waals surface area (Å²) in [7, 11) is 0. The highest BCUT2D eigenvalue weighted by Gasteiger charge is 2.34. The van der Waals surface area contributed by atoms with Crippen LogP contribution in [0.4, 0.5) is 4.79 Å². The van der Waals surface area contributed by atoms with Crippen LogP contribution in [0.3, 0.4) is 0 Å². The van der Waals surface area contributed by atoms with Crippen molar-refractivity contribution >= 4 is 17.8 Å². The Morgan fingerprint density at radius 1 is 1.15 bits per heavy atom. The normalized spacial score (nSPS) is 27.8. The lowest BCUT2D eigenvalue weighted by Crippen LogP contribution is -2.55. The van der Waals surface area contributed by atoms with Gasteiger partial charge in [0, 0.05) is 18.0 Å². The Labute approximate surface area is 152 Å². The number of carbonyl (C=O) groups is 3. The number of aliphatic hydroxyl groups excluding tert-OH is 2. The van der Waals surface area contributed by atoms with Gasteiger partial charge in [0.15, 0.2) is 0 Å². The summed E-state index contributed by atoms with van der Waals surface area (Å²) in [5.74, 6) is -1.25. The topological polar surface area (TPSA) is 154 Å². The summed E-state index contributed by atoms with van der Waals surface area (Å²) in [4.78, 5) is 35.4. The fourth-order valence-electron chi connectivity index (χ4n) is 3.25. The van der Waals surface area contributed by atoms with Gasteiger partial charge in [0.2, 0.25) is 11.8 Å². The van der Waals surface area contributed by atoms with Gasteiger partial charge in [-0.2, -0.15) is 0 Å². The summed E-state index contributed by atoms with van der Waals surface area (Å²) in [6.07, 6.45) is 4.02. The van der Waals surface area contributed by atoms with Crippen LogP contribution in [0.25, 0.3) is 0 Å². The molecule has 4 amide bonds. The SMILES string of the molecule is C[C@@H](NC(=O)C1=C[C@@H](NC(=O)NC2CCCCC2)[C@@H](O)[C@H](O)C1)C(N)=O. The molecule has 0 unspecified atom stereocenters. The standard InChI is InChI=1S/C17H28N4O5/c1-9(15(18)24)19-16(25)10-7-12(14(23)13(22)8-10)21-17(26)20-11-5-3-2-4-6-11/h7,9,11-14,22-23H,2-6,8H2,1H3,(H2,18,24)(H,19,25)(H2,20,21,26)/t9-,12-,13-,14-/m1/s1. The van der Waals surface area contributed by atoms with E-state index in [1.807, 2.05) is 0 Å². The predicted octanol–water partition coefficient (Wildman–Crippen LogP) is -0.971. The van der Waals surface area contributed by atoms with E-state index in [-0.39, 0.29) is 18.0 Å². The maximum absolute atomic E-state index is 12.2. The van der Waals surface area contributed by atoms with Crippen LogP contribution in [0.2, 0.25) is 0 Å². The van der Waals surface area contributed by atoms with E-state index in [1.165, 1.54) is 13.0 Å². The molecule has 0 spiro atoms. The molecule has 0 aromatic rings. The molecule has 1 fully saturated rings. The second-order valence-electron chi connectivity index (χ2n) is 7.03. The minimum Gasteiger partial charge on any atom is -0.390 e. The Hall–Kier alpha value is -2.13. The quantitative estimate of drug-likeness (QED) is 0.368. The molecule has 26 heavy (non-hydrogen) atoms. The van der Waals surface area contributed by atoms with Gasteiger partial charge in [0.1, 0.15) is 12.1 Å². The number of carbonyl (C=O) groups excluding carboxylic acids is 3. The van der Waals surface area contributed by atoms with E-state index in [2.05, 4.69) is 16.0 Å². The second-order valence-corrected chi connectivity index (χ2v) is 7.03. The zero-order chi connectivity index (χ0) is 19.3. The number of nitrogens with two attached hydrogens (primary N) is 1. The fraction of sp³-hybridized carbons (Fsp3) is 0.706. The van der Waals surface area contributed by atoms with Gasteiger partial charge in [0.05, 0.1) is 12.1 Å².